The molecule has 1 aliphatic carbocycles. The first-order valence-electron chi connectivity index (χ1n) is 5.35. The van der Waals surface area contributed by atoms with Crippen LogP contribution in [0.15, 0.2) is 0 Å². The maximum atomic E-state index is 12.6. The van der Waals surface area contributed by atoms with E-state index < -0.39 is 42.8 Å². The second kappa shape index (κ2) is 5.39. The van der Waals surface area contributed by atoms with Gasteiger partial charge in [-0.2, -0.15) is 0 Å². The van der Waals surface area contributed by atoms with Gasteiger partial charge in [-0.3, -0.25) is 9.59 Å². The molecule has 3 N–H and O–H groups in total. The normalized spacial score (nSPS) is 24.6. The number of alkyl halides is 2. The van der Waals surface area contributed by atoms with Gasteiger partial charge in [0.25, 0.3) is 5.92 Å². The highest BCUT2D eigenvalue weighted by Crippen LogP contribution is 2.31. The van der Waals surface area contributed by atoms with Gasteiger partial charge in [0.1, 0.15) is 6.61 Å². The summed E-state index contributed by atoms with van der Waals surface area (Å²) in [7, 11) is 0. The van der Waals surface area contributed by atoms with Crippen LogP contribution in [0.3, 0.4) is 0 Å². The number of rotatable bonds is 5. The third kappa shape index (κ3) is 3.92. The van der Waals surface area contributed by atoms with E-state index in [-0.39, 0.29) is 6.42 Å². The lowest BCUT2D eigenvalue weighted by Crippen LogP contribution is -2.41. The number of carbonyl (C=O) groups excluding carboxylic acids is 1. The summed E-state index contributed by atoms with van der Waals surface area (Å²) in [4.78, 5) is 22.1. The lowest BCUT2D eigenvalue weighted by atomic mass is 10.0. The van der Waals surface area contributed by atoms with E-state index in [1.54, 1.807) is 0 Å². The van der Waals surface area contributed by atoms with E-state index in [2.05, 4.69) is 0 Å². The number of carboxylic acids is 1. The standard InChI is InChI=1S/C10H15F2NO4/c11-10(12,5-14)4-13-8(15)6-1-2-7(3-6)9(16)17/h6-7,14H,1-5H2,(H,13,15)(H,16,17). The van der Waals surface area contributed by atoms with Crippen molar-refractivity contribution >= 4 is 11.9 Å². The Morgan fingerprint density at radius 2 is 1.88 bits per heavy atom. The molecule has 98 valence electrons. The maximum Gasteiger partial charge on any atom is 0.306 e. The van der Waals surface area contributed by atoms with Crippen molar-refractivity contribution < 1.29 is 28.6 Å². The predicted octanol–water partition coefficient (Wildman–Crippen LogP) is 0.231. The fourth-order valence-electron chi connectivity index (χ4n) is 1.86. The molecule has 0 aromatic heterocycles. The van der Waals surface area contributed by atoms with Crippen molar-refractivity contribution in [2.45, 2.75) is 25.2 Å². The van der Waals surface area contributed by atoms with Gasteiger partial charge >= 0.3 is 5.97 Å². The molecular weight excluding hydrogens is 236 g/mol. The van der Waals surface area contributed by atoms with Crippen LogP contribution in [0.2, 0.25) is 0 Å². The Bertz CT molecular complexity index is 309. The van der Waals surface area contributed by atoms with Crippen LogP contribution >= 0.6 is 0 Å². The fraction of sp³-hybridized carbons (Fsp3) is 0.800. The number of halogens is 2. The number of carbonyl (C=O) groups is 2. The van der Waals surface area contributed by atoms with Crippen molar-refractivity contribution in [3.63, 3.8) is 0 Å². The average Bonchev–Trinajstić information content (AvgIpc) is 2.75. The molecule has 1 aliphatic rings. The van der Waals surface area contributed by atoms with Crippen LogP contribution in [0.25, 0.3) is 0 Å². The van der Waals surface area contributed by atoms with Crippen LogP contribution in [0.1, 0.15) is 19.3 Å². The summed E-state index contributed by atoms with van der Waals surface area (Å²) in [5.74, 6) is -5.95. The summed E-state index contributed by atoms with van der Waals surface area (Å²) in [6.07, 6.45) is 0.975. The molecule has 0 aromatic carbocycles. The van der Waals surface area contributed by atoms with Crippen LogP contribution in [0.4, 0.5) is 8.78 Å². The summed E-state index contributed by atoms with van der Waals surface area (Å²) in [6.45, 7) is -2.24. The van der Waals surface area contributed by atoms with E-state index in [0.717, 1.165) is 0 Å². The number of aliphatic carboxylic acids is 1. The zero-order chi connectivity index (χ0) is 13.1. The zero-order valence-corrected chi connectivity index (χ0v) is 9.16. The Hall–Kier alpha value is -1.24. The number of carboxylic acid groups (broad SMARTS) is 1. The largest absolute Gasteiger partial charge is 0.481 e. The second-order valence-electron chi connectivity index (χ2n) is 4.28. The zero-order valence-electron chi connectivity index (χ0n) is 9.16. The Balaban J connectivity index is 2.37. The topological polar surface area (TPSA) is 86.6 Å². The van der Waals surface area contributed by atoms with Crippen LogP contribution < -0.4 is 5.32 Å². The average molecular weight is 251 g/mol. The lowest BCUT2D eigenvalue weighted by molar-refractivity contribution is -0.141. The van der Waals surface area contributed by atoms with Gasteiger partial charge in [-0.05, 0) is 19.3 Å². The molecular formula is C10H15F2NO4. The predicted molar refractivity (Wildman–Crippen MR) is 53.5 cm³/mol. The van der Waals surface area contributed by atoms with Crippen molar-refractivity contribution in [2.75, 3.05) is 13.2 Å². The molecule has 7 heteroatoms. The quantitative estimate of drug-likeness (QED) is 0.653. The Labute approximate surface area is 96.8 Å². The van der Waals surface area contributed by atoms with Crippen molar-refractivity contribution in [2.24, 2.45) is 11.8 Å². The maximum absolute atomic E-state index is 12.6. The molecule has 0 heterocycles. The van der Waals surface area contributed by atoms with Crippen molar-refractivity contribution in [1.29, 1.82) is 0 Å². The molecule has 0 aliphatic heterocycles. The van der Waals surface area contributed by atoms with Crippen LogP contribution in [-0.4, -0.2) is 41.2 Å². The van der Waals surface area contributed by atoms with Crippen molar-refractivity contribution in [3.8, 4) is 0 Å². The van der Waals surface area contributed by atoms with Gasteiger partial charge in [0.15, 0.2) is 0 Å². The highest BCUT2D eigenvalue weighted by Gasteiger charge is 2.35. The van der Waals surface area contributed by atoms with Crippen LogP contribution in [0, 0.1) is 11.8 Å². The van der Waals surface area contributed by atoms with Gasteiger partial charge < -0.3 is 15.5 Å². The molecule has 0 aromatic rings. The number of aliphatic hydroxyl groups excluding tert-OH is 1. The smallest absolute Gasteiger partial charge is 0.306 e. The minimum absolute atomic E-state index is 0.186. The fourth-order valence-corrected chi connectivity index (χ4v) is 1.86. The monoisotopic (exact) mass is 251 g/mol. The molecule has 1 rings (SSSR count). The summed E-state index contributed by atoms with van der Waals surface area (Å²) >= 11 is 0. The molecule has 1 amide bonds. The Kier molecular flexibility index (Phi) is 4.39. The van der Waals surface area contributed by atoms with E-state index in [1.165, 1.54) is 0 Å². The molecule has 1 saturated carbocycles. The first kappa shape index (κ1) is 13.8. The molecule has 0 spiro atoms. The highest BCUT2D eigenvalue weighted by atomic mass is 19.3. The van der Waals surface area contributed by atoms with Crippen LogP contribution in [0.5, 0.6) is 0 Å². The Morgan fingerprint density at radius 1 is 1.29 bits per heavy atom. The molecule has 17 heavy (non-hydrogen) atoms. The third-order valence-corrected chi connectivity index (χ3v) is 2.91. The van der Waals surface area contributed by atoms with Gasteiger partial charge in [-0.25, -0.2) is 8.78 Å². The molecule has 2 unspecified atom stereocenters. The molecule has 5 nitrogen and oxygen atoms in total. The molecule has 0 radical (unpaired) electrons. The Morgan fingerprint density at radius 3 is 2.35 bits per heavy atom. The van der Waals surface area contributed by atoms with E-state index >= 15 is 0 Å². The van der Waals surface area contributed by atoms with Crippen molar-refractivity contribution in [3.05, 3.63) is 0 Å². The number of hydrogen-bond acceptors (Lipinski definition) is 3. The molecule has 1 fully saturated rings. The summed E-state index contributed by atoms with van der Waals surface area (Å²) < 4.78 is 25.3. The van der Waals surface area contributed by atoms with E-state index in [4.69, 9.17) is 10.2 Å². The summed E-state index contributed by atoms with van der Waals surface area (Å²) in [5, 5.41) is 19.1. The first-order valence-corrected chi connectivity index (χ1v) is 5.35. The van der Waals surface area contributed by atoms with Gasteiger partial charge in [0.2, 0.25) is 5.91 Å². The van der Waals surface area contributed by atoms with Gasteiger partial charge in [-0.15, -0.1) is 0 Å². The number of aliphatic hydroxyl groups is 1. The van der Waals surface area contributed by atoms with Gasteiger partial charge in [0, 0.05) is 5.92 Å². The second-order valence-corrected chi connectivity index (χ2v) is 4.28. The summed E-state index contributed by atoms with van der Waals surface area (Å²) in [6, 6.07) is 0. The number of nitrogens with one attached hydrogen (secondary N) is 1. The van der Waals surface area contributed by atoms with E-state index in [0.29, 0.717) is 12.8 Å². The van der Waals surface area contributed by atoms with Crippen LogP contribution in [-0.2, 0) is 9.59 Å². The molecule has 0 saturated heterocycles. The first-order chi connectivity index (χ1) is 7.85. The minimum Gasteiger partial charge on any atom is -0.481 e. The SMILES string of the molecule is O=C(O)C1CCC(C(=O)NCC(F)(F)CO)C1. The number of amides is 1. The lowest BCUT2D eigenvalue weighted by Gasteiger charge is -2.16. The molecule has 0 bridgehead atoms. The van der Waals surface area contributed by atoms with E-state index in [9.17, 15) is 18.4 Å². The van der Waals surface area contributed by atoms with E-state index in [1.807, 2.05) is 5.32 Å². The highest BCUT2D eigenvalue weighted by molar-refractivity contribution is 5.80. The molecule has 2 atom stereocenters. The van der Waals surface area contributed by atoms with Gasteiger partial charge in [0.05, 0.1) is 12.5 Å². The minimum atomic E-state index is -3.33. The number of hydrogen-bond donors (Lipinski definition) is 3. The van der Waals surface area contributed by atoms with Gasteiger partial charge in [-0.1, -0.05) is 0 Å². The third-order valence-electron chi connectivity index (χ3n) is 2.91. The van der Waals surface area contributed by atoms with Crippen molar-refractivity contribution in [1.82, 2.24) is 5.32 Å². The summed E-state index contributed by atoms with van der Waals surface area (Å²) in [5.41, 5.74) is 0.